The first-order chi connectivity index (χ1) is 20.0. The van der Waals surface area contributed by atoms with Crippen LogP contribution in [0.4, 0.5) is 28.4 Å². The number of nitro benzene ring substituents is 1. The third kappa shape index (κ3) is 5.74. The van der Waals surface area contributed by atoms with Gasteiger partial charge in [0.2, 0.25) is 11.8 Å². The van der Waals surface area contributed by atoms with Crippen molar-refractivity contribution in [3.05, 3.63) is 118 Å². The Bertz CT molecular complexity index is 1840. The lowest BCUT2D eigenvalue weighted by molar-refractivity contribution is -0.385. The number of fused-ring (bicyclic) bond motifs is 1. The van der Waals surface area contributed by atoms with E-state index in [0.717, 1.165) is 6.07 Å². The molecule has 0 aromatic heterocycles. The largest absolute Gasteiger partial charge is 0.325 e. The average molecular weight is 584 g/mol. The van der Waals surface area contributed by atoms with Crippen LogP contribution in [0.3, 0.4) is 0 Å². The van der Waals surface area contributed by atoms with Gasteiger partial charge in [0, 0.05) is 43.2 Å². The molecule has 2 N–H and O–H groups in total. The Kier molecular flexibility index (Phi) is 7.55. The molecule has 2 amide bonds. The van der Waals surface area contributed by atoms with E-state index in [1.165, 1.54) is 36.1 Å². The lowest BCUT2D eigenvalue weighted by Crippen LogP contribution is -2.22. The molecule has 1 aliphatic rings. The minimum Gasteiger partial charge on any atom is -0.325 e. The predicted molar refractivity (Wildman–Crippen MR) is 160 cm³/mol. The van der Waals surface area contributed by atoms with Gasteiger partial charge in [-0.1, -0.05) is 36.4 Å². The first kappa shape index (κ1) is 28.2. The van der Waals surface area contributed by atoms with Crippen molar-refractivity contribution in [1.29, 1.82) is 0 Å². The number of amides is 2. The molecule has 5 rings (SSSR count). The number of carbonyl (C=O) groups is 2. The van der Waals surface area contributed by atoms with Gasteiger partial charge in [0.25, 0.3) is 15.7 Å². The molecule has 1 heterocycles. The topological polar surface area (TPSA) is 151 Å². The number of nitrogens with zero attached hydrogens (tertiary/aromatic N) is 3. The van der Waals surface area contributed by atoms with Crippen LogP contribution in [0.5, 0.6) is 0 Å². The van der Waals surface area contributed by atoms with Crippen molar-refractivity contribution in [2.45, 2.75) is 17.7 Å². The average Bonchev–Trinajstić information content (AvgIpc) is 3.30. The van der Waals surface area contributed by atoms with Crippen LogP contribution in [0.25, 0.3) is 0 Å². The van der Waals surface area contributed by atoms with E-state index >= 15 is 0 Å². The molecule has 1 atom stereocenters. The number of nitrogens with one attached hydrogen (secondary N) is 2. The van der Waals surface area contributed by atoms with E-state index in [-0.39, 0.29) is 28.1 Å². The van der Waals surface area contributed by atoms with Crippen LogP contribution < -0.4 is 14.9 Å². The second-order valence-electron chi connectivity index (χ2n) is 9.54. The van der Waals surface area contributed by atoms with Crippen LogP contribution in [0.15, 0.2) is 107 Å². The van der Waals surface area contributed by atoms with E-state index in [2.05, 4.69) is 10.0 Å². The standard InChI is InChI=1S/C30H25N5O6S/c1-19(36)34(2)23-14-11-21(12-15-23)31-29(20-7-4-3-5-8-20)28-26-17-22(13-16-27(26)32-30(28)37)33-42(40,41)25-10-6-9-24(18-25)35(38)39/h3-18,28,33H,1-2H3,(H,32,37). The highest BCUT2D eigenvalue weighted by molar-refractivity contribution is 7.92. The predicted octanol–water partition coefficient (Wildman–Crippen LogP) is 5.24. The molecule has 12 heteroatoms. The molecular formula is C30H25N5O6S. The third-order valence-corrected chi connectivity index (χ3v) is 8.15. The number of non-ortho nitro benzene ring substituents is 1. The van der Waals surface area contributed by atoms with Crippen molar-refractivity contribution < 1.29 is 22.9 Å². The maximum Gasteiger partial charge on any atom is 0.270 e. The number of benzene rings is 4. The minimum atomic E-state index is -4.17. The van der Waals surface area contributed by atoms with E-state index < -0.39 is 20.9 Å². The van der Waals surface area contributed by atoms with Crippen molar-refractivity contribution in [1.82, 2.24) is 0 Å². The summed E-state index contributed by atoms with van der Waals surface area (Å²) >= 11 is 0. The number of hydrogen-bond donors (Lipinski definition) is 2. The summed E-state index contributed by atoms with van der Waals surface area (Å²) in [6.07, 6.45) is 0. The number of sulfonamides is 1. The molecule has 42 heavy (non-hydrogen) atoms. The quantitative estimate of drug-likeness (QED) is 0.165. The zero-order valence-corrected chi connectivity index (χ0v) is 23.3. The normalized spacial score (nSPS) is 14.6. The van der Waals surface area contributed by atoms with E-state index in [1.807, 2.05) is 30.3 Å². The molecular weight excluding hydrogens is 558 g/mol. The molecule has 1 aliphatic heterocycles. The number of anilines is 3. The van der Waals surface area contributed by atoms with Crippen molar-refractivity contribution >= 4 is 56.0 Å². The van der Waals surface area contributed by atoms with Crippen molar-refractivity contribution in [2.75, 3.05) is 22.0 Å². The fourth-order valence-electron chi connectivity index (χ4n) is 4.55. The molecule has 0 bridgehead atoms. The molecule has 1 unspecified atom stereocenters. The van der Waals surface area contributed by atoms with Gasteiger partial charge in [0.15, 0.2) is 0 Å². The van der Waals surface area contributed by atoms with Gasteiger partial charge in [-0.05, 0) is 59.7 Å². The fourth-order valence-corrected chi connectivity index (χ4v) is 5.64. The second kappa shape index (κ2) is 11.3. The SMILES string of the molecule is CC(=O)N(C)c1ccc(N=C(c2ccccc2)C2C(=O)Nc3ccc(NS(=O)(=O)c4cccc([N+](=O)[O-])c4)cc32)cc1. The summed E-state index contributed by atoms with van der Waals surface area (Å²) < 4.78 is 28.6. The summed E-state index contributed by atoms with van der Waals surface area (Å²) in [5.74, 6) is -1.32. The number of nitro groups is 1. The Hall–Kier alpha value is -5.36. The zero-order chi connectivity index (χ0) is 30.0. The van der Waals surface area contributed by atoms with Gasteiger partial charge in [-0.3, -0.25) is 29.4 Å². The van der Waals surface area contributed by atoms with Crippen LogP contribution in [-0.4, -0.2) is 37.9 Å². The molecule has 0 saturated heterocycles. The zero-order valence-electron chi connectivity index (χ0n) is 22.5. The fraction of sp³-hybridized carbons (Fsp3) is 0.100. The highest BCUT2D eigenvalue weighted by Gasteiger charge is 2.36. The van der Waals surface area contributed by atoms with Gasteiger partial charge in [-0.15, -0.1) is 0 Å². The lowest BCUT2D eigenvalue weighted by atomic mass is 9.90. The smallest absolute Gasteiger partial charge is 0.270 e. The van der Waals surface area contributed by atoms with Crippen LogP contribution in [0.1, 0.15) is 24.0 Å². The monoisotopic (exact) mass is 583 g/mol. The number of carbonyl (C=O) groups excluding carboxylic acids is 2. The number of rotatable bonds is 8. The summed E-state index contributed by atoms with van der Waals surface area (Å²) in [5.41, 5.74) is 3.21. The van der Waals surface area contributed by atoms with Gasteiger partial charge in [-0.2, -0.15) is 0 Å². The van der Waals surface area contributed by atoms with E-state index in [4.69, 9.17) is 4.99 Å². The number of hydrogen-bond acceptors (Lipinski definition) is 7. The Labute approximate surface area is 241 Å². The maximum atomic E-state index is 13.3. The first-order valence-corrected chi connectivity index (χ1v) is 14.2. The molecule has 0 spiro atoms. The molecule has 212 valence electrons. The molecule has 4 aromatic carbocycles. The van der Waals surface area contributed by atoms with Gasteiger partial charge in [-0.25, -0.2) is 8.42 Å². The van der Waals surface area contributed by atoms with Crippen molar-refractivity contribution in [3.63, 3.8) is 0 Å². The molecule has 0 radical (unpaired) electrons. The lowest BCUT2D eigenvalue weighted by Gasteiger charge is -2.16. The highest BCUT2D eigenvalue weighted by atomic mass is 32.2. The van der Waals surface area contributed by atoms with E-state index in [0.29, 0.717) is 33.9 Å². The first-order valence-electron chi connectivity index (χ1n) is 12.7. The van der Waals surface area contributed by atoms with Gasteiger partial charge in [0.1, 0.15) is 5.92 Å². The summed E-state index contributed by atoms with van der Waals surface area (Å²) in [6.45, 7) is 1.47. The Morgan fingerprint density at radius 3 is 2.36 bits per heavy atom. The Morgan fingerprint density at radius 1 is 0.976 bits per heavy atom. The van der Waals surface area contributed by atoms with Crippen LogP contribution in [-0.2, 0) is 19.6 Å². The maximum absolute atomic E-state index is 13.3. The second-order valence-corrected chi connectivity index (χ2v) is 11.2. The highest BCUT2D eigenvalue weighted by Crippen LogP contribution is 2.38. The third-order valence-electron chi connectivity index (χ3n) is 6.78. The van der Waals surface area contributed by atoms with E-state index in [9.17, 15) is 28.1 Å². The van der Waals surface area contributed by atoms with Crippen LogP contribution in [0, 0.1) is 10.1 Å². The van der Waals surface area contributed by atoms with Crippen LogP contribution >= 0.6 is 0 Å². The number of aliphatic imine (C=N–C) groups is 1. The molecule has 0 aliphatic carbocycles. The summed E-state index contributed by atoms with van der Waals surface area (Å²) in [4.78, 5) is 41.6. The summed E-state index contributed by atoms with van der Waals surface area (Å²) in [5, 5.41) is 14.0. The van der Waals surface area contributed by atoms with Crippen LogP contribution in [0.2, 0.25) is 0 Å². The molecule has 0 fully saturated rings. The van der Waals surface area contributed by atoms with Crippen molar-refractivity contribution in [2.24, 2.45) is 4.99 Å². The van der Waals surface area contributed by atoms with Crippen molar-refractivity contribution in [3.8, 4) is 0 Å². The Morgan fingerprint density at radius 2 is 1.69 bits per heavy atom. The van der Waals surface area contributed by atoms with E-state index in [1.54, 1.807) is 43.4 Å². The Balaban J connectivity index is 1.53. The van der Waals surface area contributed by atoms with Gasteiger partial charge >= 0.3 is 0 Å². The molecule has 11 nitrogen and oxygen atoms in total. The molecule has 4 aromatic rings. The molecule has 0 saturated carbocycles. The summed E-state index contributed by atoms with van der Waals surface area (Å²) in [6, 6.07) is 25.5. The van der Waals surface area contributed by atoms with Gasteiger partial charge < -0.3 is 10.2 Å². The van der Waals surface area contributed by atoms with Gasteiger partial charge in [0.05, 0.1) is 21.2 Å². The summed E-state index contributed by atoms with van der Waals surface area (Å²) in [7, 11) is -2.51. The minimum absolute atomic E-state index is 0.118.